The monoisotopic (exact) mass is 335 g/mol. The van der Waals surface area contributed by atoms with Gasteiger partial charge in [-0.25, -0.2) is 0 Å². The van der Waals surface area contributed by atoms with E-state index >= 15 is 0 Å². The van der Waals surface area contributed by atoms with E-state index in [4.69, 9.17) is 4.74 Å². The van der Waals surface area contributed by atoms with Crippen LogP contribution in [0.25, 0.3) is 0 Å². The van der Waals surface area contributed by atoms with Gasteiger partial charge < -0.3 is 14.7 Å². The topological polar surface area (TPSA) is 32.7 Å². The molecule has 0 aliphatic carbocycles. The van der Waals surface area contributed by atoms with E-state index in [1.165, 1.54) is 0 Å². The predicted octanol–water partition coefficient (Wildman–Crippen LogP) is 4.36. The van der Waals surface area contributed by atoms with Crippen LogP contribution in [0.1, 0.15) is 18.6 Å². The maximum atomic E-state index is 9.61. The lowest BCUT2D eigenvalue weighted by Gasteiger charge is -2.14. The summed E-state index contributed by atoms with van der Waals surface area (Å²) in [6, 6.07) is 13.5. The third kappa shape index (κ3) is 3.52. The Kier molecular flexibility index (Phi) is 4.68. The number of hydrogen-bond donors (Lipinski definition) is 1. The highest BCUT2D eigenvalue weighted by Crippen LogP contribution is 2.31. The van der Waals surface area contributed by atoms with Gasteiger partial charge in [0.05, 0.1) is 6.10 Å². The molecule has 1 atom stereocenters. The Morgan fingerprint density at radius 3 is 2.40 bits per heavy atom. The third-order valence-corrected chi connectivity index (χ3v) is 3.68. The largest absolute Gasteiger partial charge is 0.457 e. The molecular formula is C16H18BrNO2. The van der Waals surface area contributed by atoms with Gasteiger partial charge >= 0.3 is 0 Å². The smallest absolute Gasteiger partial charge is 0.129 e. The van der Waals surface area contributed by atoms with Crippen molar-refractivity contribution in [2.24, 2.45) is 0 Å². The SMILES string of the molecule is C[C@@H](O)c1ccc(Oc2cccc(N(C)C)c2)cc1Br. The number of aliphatic hydroxyl groups excluding tert-OH is 1. The number of benzene rings is 2. The Balaban J connectivity index is 2.22. The summed E-state index contributed by atoms with van der Waals surface area (Å²) in [6.07, 6.45) is -0.504. The zero-order valence-corrected chi connectivity index (χ0v) is 13.4. The maximum absolute atomic E-state index is 9.61. The van der Waals surface area contributed by atoms with Crippen LogP contribution >= 0.6 is 15.9 Å². The van der Waals surface area contributed by atoms with E-state index < -0.39 is 6.10 Å². The molecule has 106 valence electrons. The number of halogens is 1. The standard InChI is InChI=1S/C16H18BrNO2/c1-11(19)15-8-7-14(10-16(15)17)20-13-6-4-5-12(9-13)18(2)3/h4-11,19H,1-3H3/t11-/m1/s1. The molecule has 0 aliphatic rings. The average Bonchev–Trinajstić information content (AvgIpc) is 2.38. The Labute approximate surface area is 127 Å². The first kappa shape index (κ1) is 14.9. The third-order valence-electron chi connectivity index (χ3n) is 2.99. The quantitative estimate of drug-likeness (QED) is 0.900. The minimum atomic E-state index is -0.504. The lowest BCUT2D eigenvalue weighted by molar-refractivity contribution is 0.198. The highest BCUT2D eigenvalue weighted by Gasteiger charge is 2.08. The summed E-state index contributed by atoms with van der Waals surface area (Å²) in [6.45, 7) is 1.74. The zero-order valence-electron chi connectivity index (χ0n) is 11.8. The van der Waals surface area contributed by atoms with E-state index in [0.29, 0.717) is 0 Å². The van der Waals surface area contributed by atoms with Gasteiger partial charge in [-0.3, -0.25) is 0 Å². The molecule has 2 aromatic carbocycles. The number of rotatable bonds is 4. The summed E-state index contributed by atoms with van der Waals surface area (Å²) in [5.41, 5.74) is 1.93. The van der Waals surface area contributed by atoms with Gasteiger partial charge in [-0.2, -0.15) is 0 Å². The molecule has 3 nitrogen and oxygen atoms in total. The second kappa shape index (κ2) is 6.29. The summed E-state index contributed by atoms with van der Waals surface area (Å²) in [7, 11) is 3.99. The molecule has 1 N–H and O–H groups in total. The molecule has 0 saturated heterocycles. The van der Waals surface area contributed by atoms with E-state index in [1.54, 1.807) is 6.92 Å². The first-order chi connectivity index (χ1) is 9.47. The normalized spacial score (nSPS) is 12.1. The van der Waals surface area contributed by atoms with Crippen molar-refractivity contribution >= 4 is 21.6 Å². The molecule has 0 aromatic heterocycles. The van der Waals surface area contributed by atoms with Gasteiger partial charge in [0.25, 0.3) is 0 Å². The number of anilines is 1. The Bertz CT molecular complexity index is 597. The predicted molar refractivity (Wildman–Crippen MR) is 85.6 cm³/mol. The average molecular weight is 336 g/mol. The molecule has 0 saturated carbocycles. The van der Waals surface area contributed by atoms with Crippen molar-refractivity contribution in [2.75, 3.05) is 19.0 Å². The molecule has 0 aliphatic heterocycles. The van der Waals surface area contributed by atoms with Crippen LogP contribution in [-0.2, 0) is 0 Å². The summed E-state index contributed by atoms with van der Waals surface area (Å²) in [5.74, 6) is 1.52. The van der Waals surface area contributed by atoms with Crippen molar-refractivity contribution in [2.45, 2.75) is 13.0 Å². The second-order valence-corrected chi connectivity index (χ2v) is 5.71. The Hall–Kier alpha value is -1.52. The molecule has 0 fully saturated rings. The number of aliphatic hydroxyl groups is 1. The first-order valence-corrected chi connectivity index (χ1v) is 7.19. The Morgan fingerprint density at radius 1 is 1.10 bits per heavy atom. The van der Waals surface area contributed by atoms with Gasteiger partial charge in [0.1, 0.15) is 11.5 Å². The van der Waals surface area contributed by atoms with Crippen LogP contribution in [0.2, 0.25) is 0 Å². The van der Waals surface area contributed by atoms with E-state index in [-0.39, 0.29) is 0 Å². The lowest BCUT2D eigenvalue weighted by atomic mass is 10.1. The van der Waals surface area contributed by atoms with Crippen LogP contribution in [0.5, 0.6) is 11.5 Å². The minimum Gasteiger partial charge on any atom is -0.457 e. The van der Waals surface area contributed by atoms with Crippen LogP contribution in [0.15, 0.2) is 46.9 Å². The highest BCUT2D eigenvalue weighted by molar-refractivity contribution is 9.10. The fourth-order valence-electron chi connectivity index (χ4n) is 1.87. The van der Waals surface area contributed by atoms with Crippen LogP contribution in [0.3, 0.4) is 0 Å². The maximum Gasteiger partial charge on any atom is 0.129 e. The molecule has 2 aromatic rings. The number of ether oxygens (including phenoxy) is 1. The fraction of sp³-hybridized carbons (Fsp3) is 0.250. The van der Waals surface area contributed by atoms with Crippen LogP contribution in [-0.4, -0.2) is 19.2 Å². The fourth-order valence-corrected chi connectivity index (χ4v) is 2.56. The highest BCUT2D eigenvalue weighted by atomic mass is 79.9. The van der Waals surface area contributed by atoms with Crippen molar-refractivity contribution in [1.29, 1.82) is 0 Å². The van der Waals surface area contributed by atoms with Gasteiger partial charge in [0.2, 0.25) is 0 Å². The molecular weight excluding hydrogens is 318 g/mol. The molecule has 20 heavy (non-hydrogen) atoms. The van der Waals surface area contributed by atoms with Crippen molar-refractivity contribution in [3.8, 4) is 11.5 Å². The van der Waals surface area contributed by atoms with E-state index in [0.717, 1.165) is 27.2 Å². The van der Waals surface area contributed by atoms with E-state index in [1.807, 2.05) is 61.5 Å². The molecule has 0 radical (unpaired) electrons. The van der Waals surface area contributed by atoms with Crippen LogP contribution in [0, 0.1) is 0 Å². The molecule has 4 heteroatoms. The first-order valence-electron chi connectivity index (χ1n) is 6.40. The molecule has 0 unspecified atom stereocenters. The van der Waals surface area contributed by atoms with Crippen LogP contribution in [0.4, 0.5) is 5.69 Å². The van der Waals surface area contributed by atoms with Gasteiger partial charge in [0, 0.05) is 30.3 Å². The van der Waals surface area contributed by atoms with Crippen molar-refractivity contribution in [1.82, 2.24) is 0 Å². The lowest BCUT2D eigenvalue weighted by Crippen LogP contribution is -2.08. The van der Waals surface area contributed by atoms with E-state index in [2.05, 4.69) is 15.9 Å². The van der Waals surface area contributed by atoms with Crippen molar-refractivity contribution in [3.63, 3.8) is 0 Å². The Morgan fingerprint density at radius 2 is 1.80 bits per heavy atom. The van der Waals surface area contributed by atoms with Gasteiger partial charge in [-0.1, -0.05) is 28.1 Å². The summed E-state index contributed by atoms with van der Waals surface area (Å²) in [5, 5.41) is 9.61. The molecule has 0 amide bonds. The molecule has 0 bridgehead atoms. The number of hydrogen-bond acceptors (Lipinski definition) is 3. The van der Waals surface area contributed by atoms with Gasteiger partial charge in [-0.05, 0) is 36.8 Å². The second-order valence-electron chi connectivity index (χ2n) is 4.85. The van der Waals surface area contributed by atoms with E-state index in [9.17, 15) is 5.11 Å². The van der Waals surface area contributed by atoms with Crippen molar-refractivity contribution in [3.05, 3.63) is 52.5 Å². The minimum absolute atomic E-state index is 0.504. The molecule has 2 rings (SSSR count). The van der Waals surface area contributed by atoms with Gasteiger partial charge in [-0.15, -0.1) is 0 Å². The van der Waals surface area contributed by atoms with Crippen molar-refractivity contribution < 1.29 is 9.84 Å². The molecule has 0 heterocycles. The summed E-state index contributed by atoms with van der Waals surface area (Å²) >= 11 is 3.45. The summed E-state index contributed by atoms with van der Waals surface area (Å²) in [4.78, 5) is 2.03. The molecule has 0 spiro atoms. The van der Waals surface area contributed by atoms with Gasteiger partial charge in [0.15, 0.2) is 0 Å². The zero-order chi connectivity index (χ0) is 14.7. The van der Waals surface area contributed by atoms with Crippen LogP contribution < -0.4 is 9.64 Å². The summed E-state index contributed by atoms with van der Waals surface area (Å²) < 4.78 is 6.69. The number of nitrogens with zero attached hydrogens (tertiary/aromatic N) is 1.